The van der Waals surface area contributed by atoms with Crippen molar-refractivity contribution < 1.29 is 17.9 Å². The van der Waals surface area contributed by atoms with Crippen molar-refractivity contribution >= 4 is 11.3 Å². The van der Waals surface area contributed by atoms with Crippen molar-refractivity contribution in [2.75, 3.05) is 19.8 Å². The normalized spacial score (nSPS) is 13.7. The van der Waals surface area contributed by atoms with Crippen LogP contribution in [0, 0.1) is 0 Å². The molecule has 0 saturated heterocycles. The molecule has 0 spiro atoms. The molecule has 2 nitrogen and oxygen atoms in total. The first-order valence-corrected chi connectivity index (χ1v) is 7.21. The number of halogens is 3. The predicted octanol–water partition coefficient (Wildman–Crippen LogP) is 3.41. The van der Waals surface area contributed by atoms with Crippen molar-refractivity contribution in [3.05, 3.63) is 21.9 Å². The van der Waals surface area contributed by atoms with Crippen LogP contribution in [-0.4, -0.2) is 32.0 Å². The molecule has 0 aliphatic carbocycles. The summed E-state index contributed by atoms with van der Waals surface area (Å²) in [4.78, 5) is 2.47. The number of likely N-dealkylation sites (N-methyl/N-ethyl adjacent to an activating group) is 1. The SMILES string of the molecule is CCNC(COCC(F)(F)F)Cc1ccc(CC)s1. The number of rotatable bonds is 8. The fourth-order valence-electron chi connectivity index (χ4n) is 1.76. The molecule has 1 heterocycles. The summed E-state index contributed by atoms with van der Waals surface area (Å²) in [5, 5.41) is 3.16. The average molecular weight is 295 g/mol. The Labute approximate surface area is 116 Å². The summed E-state index contributed by atoms with van der Waals surface area (Å²) in [7, 11) is 0. The van der Waals surface area contributed by atoms with E-state index in [1.807, 2.05) is 13.0 Å². The minimum absolute atomic E-state index is 0.0734. The molecule has 1 unspecified atom stereocenters. The number of alkyl halides is 3. The molecule has 1 rings (SSSR count). The minimum Gasteiger partial charge on any atom is -0.370 e. The molecular weight excluding hydrogens is 275 g/mol. The minimum atomic E-state index is -4.25. The van der Waals surface area contributed by atoms with E-state index < -0.39 is 12.8 Å². The lowest BCUT2D eigenvalue weighted by Crippen LogP contribution is -2.36. The van der Waals surface area contributed by atoms with Crippen molar-refractivity contribution in [2.24, 2.45) is 0 Å². The molecule has 110 valence electrons. The monoisotopic (exact) mass is 295 g/mol. The van der Waals surface area contributed by atoms with Crippen LogP contribution in [0.5, 0.6) is 0 Å². The number of ether oxygens (including phenoxy) is 1. The van der Waals surface area contributed by atoms with Crippen molar-refractivity contribution in [2.45, 2.75) is 38.9 Å². The quantitative estimate of drug-likeness (QED) is 0.793. The summed E-state index contributed by atoms with van der Waals surface area (Å²) in [5.41, 5.74) is 0. The van der Waals surface area contributed by atoms with Gasteiger partial charge in [-0.1, -0.05) is 13.8 Å². The largest absolute Gasteiger partial charge is 0.411 e. The molecule has 6 heteroatoms. The van der Waals surface area contributed by atoms with E-state index in [4.69, 9.17) is 4.74 Å². The molecule has 0 aromatic carbocycles. The van der Waals surface area contributed by atoms with Gasteiger partial charge in [-0.25, -0.2) is 0 Å². The molecule has 0 aliphatic rings. The van der Waals surface area contributed by atoms with Gasteiger partial charge in [0, 0.05) is 15.8 Å². The highest BCUT2D eigenvalue weighted by Gasteiger charge is 2.27. The van der Waals surface area contributed by atoms with E-state index in [2.05, 4.69) is 18.3 Å². The first kappa shape index (κ1) is 16.5. The molecule has 0 bridgehead atoms. The first-order chi connectivity index (χ1) is 8.94. The van der Waals surface area contributed by atoms with E-state index in [-0.39, 0.29) is 12.6 Å². The Morgan fingerprint density at radius 3 is 2.47 bits per heavy atom. The summed E-state index contributed by atoms with van der Waals surface area (Å²) in [6, 6.07) is 4.03. The Balaban J connectivity index is 2.43. The van der Waals surface area contributed by atoms with Crippen LogP contribution < -0.4 is 5.32 Å². The van der Waals surface area contributed by atoms with Crippen molar-refractivity contribution in [3.63, 3.8) is 0 Å². The van der Waals surface area contributed by atoms with E-state index in [0.29, 0.717) is 13.0 Å². The van der Waals surface area contributed by atoms with Gasteiger partial charge in [0.2, 0.25) is 0 Å². The van der Waals surface area contributed by atoms with E-state index in [9.17, 15) is 13.2 Å². The molecule has 1 N–H and O–H groups in total. The van der Waals surface area contributed by atoms with Crippen LogP contribution >= 0.6 is 11.3 Å². The average Bonchev–Trinajstić information content (AvgIpc) is 2.75. The van der Waals surface area contributed by atoms with Gasteiger partial charge in [-0.2, -0.15) is 13.2 Å². The highest BCUT2D eigenvalue weighted by molar-refractivity contribution is 7.11. The molecule has 0 aliphatic heterocycles. The first-order valence-electron chi connectivity index (χ1n) is 6.40. The van der Waals surface area contributed by atoms with Gasteiger partial charge in [0.05, 0.1) is 6.61 Å². The Morgan fingerprint density at radius 2 is 1.95 bits per heavy atom. The molecule has 1 aromatic rings. The number of aryl methyl sites for hydroxylation is 1. The molecule has 1 aromatic heterocycles. The second-order valence-electron chi connectivity index (χ2n) is 4.31. The third kappa shape index (κ3) is 6.94. The van der Waals surface area contributed by atoms with Gasteiger partial charge in [-0.3, -0.25) is 0 Å². The van der Waals surface area contributed by atoms with E-state index >= 15 is 0 Å². The Hall–Kier alpha value is -0.590. The van der Waals surface area contributed by atoms with Gasteiger partial charge in [0.15, 0.2) is 0 Å². The van der Waals surface area contributed by atoms with Crippen molar-refractivity contribution in [1.82, 2.24) is 5.32 Å². The second-order valence-corrected chi connectivity index (χ2v) is 5.56. The molecule has 1 atom stereocenters. The summed E-state index contributed by atoms with van der Waals surface area (Å²) in [6.45, 7) is 3.63. The molecule has 0 fully saturated rings. The zero-order valence-electron chi connectivity index (χ0n) is 11.2. The van der Waals surface area contributed by atoms with Crippen LogP contribution in [-0.2, 0) is 17.6 Å². The lowest BCUT2D eigenvalue weighted by Gasteiger charge is -2.18. The molecular formula is C13H20F3NOS. The number of nitrogens with one attached hydrogen (secondary N) is 1. The maximum absolute atomic E-state index is 12.0. The maximum atomic E-state index is 12.0. The van der Waals surface area contributed by atoms with Crippen LogP contribution in [0.1, 0.15) is 23.6 Å². The van der Waals surface area contributed by atoms with Crippen LogP contribution in [0.4, 0.5) is 13.2 Å². The smallest absolute Gasteiger partial charge is 0.370 e. The van der Waals surface area contributed by atoms with Gasteiger partial charge >= 0.3 is 6.18 Å². The zero-order valence-corrected chi connectivity index (χ0v) is 12.0. The highest BCUT2D eigenvalue weighted by atomic mass is 32.1. The van der Waals surface area contributed by atoms with Gasteiger partial charge < -0.3 is 10.1 Å². The fourth-order valence-corrected chi connectivity index (χ4v) is 2.80. The second kappa shape index (κ2) is 7.87. The van der Waals surface area contributed by atoms with Gasteiger partial charge in [0.25, 0.3) is 0 Å². The number of hydrogen-bond acceptors (Lipinski definition) is 3. The molecule has 0 radical (unpaired) electrons. The highest BCUT2D eigenvalue weighted by Crippen LogP contribution is 2.19. The third-order valence-electron chi connectivity index (χ3n) is 2.59. The lowest BCUT2D eigenvalue weighted by molar-refractivity contribution is -0.175. The van der Waals surface area contributed by atoms with Gasteiger partial charge in [-0.15, -0.1) is 11.3 Å². The topological polar surface area (TPSA) is 21.3 Å². The van der Waals surface area contributed by atoms with E-state index in [1.165, 1.54) is 9.75 Å². The summed E-state index contributed by atoms with van der Waals surface area (Å²) < 4.78 is 40.8. The van der Waals surface area contributed by atoms with Crippen molar-refractivity contribution in [3.8, 4) is 0 Å². The maximum Gasteiger partial charge on any atom is 0.411 e. The molecule has 0 amide bonds. The van der Waals surface area contributed by atoms with Gasteiger partial charge in [-0.05, 0) is 31.5 Å². The Morgan fingerprint density at radius 1 is 1.26 bits per heavy atom. The van der Waals surface area contributed by atoms with E-state index in [0.717, 1.165) is 6.42 Å². The Bertz CT molecular complexity index is 365. The Kier molecular flexibility index (Phi) is 6.82. The summed E-state index contributed by atoms with van der Waals surface area (Å²) in [5.74, 6) is 0. The van der Waals surface area contributed by atoms with E-state index in [1.54, 1.807) is 11.3 Å². The summed E-state index contributed by atoms with van der Waals surface area (Å²) >= 11 is 1.71. The summed E-state index contributed by atoms with van der Waals surface area (Å²) in [6.07, 6.45) is -2.56. The third-order valence-corrected chi connectivity index (χ3v) is 3.84. The van der Waals surface area contributed by atoms with Crippen LogP contribution in [0.3, 0.4) is 0 Å². The molecule has 19 heavy (non-hydrogen) atoms. The van der Waals surface area contributed by atoms with Gasteiger partial charge in [0.1, 0.15) is 6.61 Å². The standard InChI is InChI=1S/C13H20F3NOS/c1-3-11-5-6-12(19-11)7-10(17-4-2)8-18-9-13(14,15)16/h5-6,10,17H,3-4,7-9H2,1-2H3. The van der Waals surface area contributed by atoms with Crippen LogP contribution in [0.15, 0.2) is 12.1 Å². The fraction of sp³-hybridized carbons (Fsp3) is 0.692. The van der Waals surface area contributed by atoms with Crippen LogP contribution in [0.25, 0.3) is 0 Å². The van der Waals surface area contributed by atoms with Crippen LogP contribution in [0.2, 0.25) is 0 Å². The molecule has 0 saturated carbocycles. The lowest BCUT2D eigenvalue weighted by atomic mass is 10.2. The zero-order chi connectivity index (χ0) is 14.3. The number of thiophene rings is 1. The van der Waals surface area contributed by atoms with Crippen molar-refractivity contribution in [1.29, 1.82) is 0 Å². The predicted molar refractivity (Wildman–Crippen MR) is 71.7 cm³/mol. The number of hydrogen-bond donors (Lipinski definition) is 1.